The van der Waals surface area contributed by atoms with E-state index < -0.39 is 11.8 Å². The molecule has 0 amide bonds. The number of rotatable bonds is 3. The van der Waals surface area contributed by atoms with Crippen LogP contribution in [-0.4, -0.2) is 17.0 Å². The second kappa shape index (κ2) is 4.94. The first-order valence-corrected chi connectivity index (χ1v) is 3.87. The molecule has 0 saturated heterocycles. The van der Waals surface area contributed by atoms with E-state index in [4.69, 9.17) is 5.26 Å². The Morgan fingerprint density at radius 3 is 2.43 bits per heavy atom. The highest BCUT2D eigenvalue weighted by atomic mass is 17.1. The van der Waals surface area contributed by atoms with Crippen LogP contribution in [0, 0.1) is 0 Å². The van der Waals surface area contributed by atoms with Crippen molar-refractivity contribution < 1.29 is 19.7 Å². The van der Waals surface area contributed by atoms with Gasteiger partial charge in [0.05, 0.1) is 0 Å². The van der Waals surface area contributed by atoms with E-state index in [1.807, 2.05) is 6.07 Å². The molecule has 72 valence electrons. The summed E-state index contributed by atoms with van der Waals surface area (Å²) in [6, 6.07) is 8.98. The quantitative estimate of drug-likeness (QED) is 0.339. The van der Waals surface area contributed by atoms with E-state index in [-0.39, 0.29) is 0 Å². The van der Waals surface area contributed by atoms with Crippen molar-refractivity contribution in [3.63, 3.8) is 0 Å². The van der Waals surface area contributed by atoms with Crippen LogP contribution < -0.4 is 0 Å². The van der Waals surface area contributed by atoms with Gasteiger partial charge in [0.2, 0.25) is 0 Å². The summed E-state index contributed by atoms with van der Waals surface area (Å²) in [5.41, 5.74) is 0.784. The average Bonchev–Trinajstić information content (AvgIpc) is 2.26. The number of benzene rings is 1. The molecule has 0 aliphatic carbocycles. The van der Waals surface area contributed by atoms with Crippen LogP contribution in [0.15, 0.2) is 36.4 Å². The van der Waals surface area contributed by atoms with Crippen molar-refractivity contribution in [2.75, 3.05) is 0 Å². The van der Waals surface area contributed by atoms with Crippen molar-refractivity contribution >= 4 is 17.8 Å². The maximum absolute atomic E-state index is 10.8. The van der Waals surface area contributed by atoms with Gasteiger partial charge in [-0.25, -0.2) is 4.79 Å². The fourth-order valence-electron chi connectivity index (χ4n) is 0.849. The maximum Gasteiger partial charge on any atom is 0.412 e. The lowest BCUT2D eigenvalue weighted by molar-refractivity contribution is -0.231. The number of ketones is 1. The second-order valence-corrected chi connectivity index (χ2v) is 2.49. The molecule has 1 aromatic carbocycles. The fourth-order valence-corrected chi connectivity index (χ4v) is 0.849. The summed E-state index contributed by atoms with van der Waals surface area (Å²) >= 11 is 0. The van der Waals surface area contributed by atoms with Crippen molar-refractivity contribution in [2.24, 2.45) is 0 Å². The molecular formula is C10H8O4. The molecule has 0 fully saturated rings. The molecule has 1 aromatic rings. The predicted molar refractivity (Wildman–Crippen MR) is 49.2 cm³/mol. The number of hydrogen-bond acceptors (Lipinski definition) is 4. The molecule has 4 nitrogen and oxygen atoms in total. The Bertz CT molecular complexity index is 354. The van der Waals surface area contributed by atoms with Gasteiger partial charge in [-0.05, 0) is 11.6 Å². The average molecular weight is 192 g/mol. The van der Waals surface area contributed by atoms with Crippen molar-refractivity contribution in [1.29, 1.82) is 0 Å². The molecule has 0 aliphatic rings. The molecule has 0 saturated carbocycles. The van der Waals surface area contributed by atoms with Gasteiger partial charge in [0.25, 0.3) is 5.78 Å². The summed E-state index contributed by atoms with van der Waals surface area (Å²) in [6.07, 6.45) is 2.49. The summed E-state index contributed by atoms with van der Waals surface area (Å²) in [7, 11) is 0. The largest absolute Gasteiger partial charge is 0.412 e. The van der Waals surface area contributed by atoms with Gasteiger partial charge in [0, 0.05) is 0 Å². The van der Waals surface area contributed by atoms with E-state index in [1.54, 1.807) is 24.3 Å². The topological polar surface area (TPSA) is 63.6 Å². The SMILES string of the molecule is O=C(/C=C/c1ccccc1)C(=O)OO. The summed E-state index contributed by atoms with van der Waals surface area (Å²) < 4.78 is 0. The second-order valence-electron chi connectivity index (χ2n) is 2.49. The molecule has 1 rings (SSSR count). The van der Waals surface area contributed by atoms with Gasteiger partial charge in [-0.15, -0.1) is 0 Å². The van der Waals surface area contributed by atoms with E-state index in [0.29, 0.717) is 0 Å². The Kier molecular flexibility index (Phi) is 3.58. The predicted octanol–water partition coefficient (Wildman–Crippen LogP) is 1.29. The van der Waals surface area contributed by atoms with Crippen molar-refractivity contribution in [1.82, 2.24) is 0 Å². The Labute approximate surface area is 80.4 Å². The molecule has 0 heterocycles. The lowest BCUT2D eigenvalue weighted by atomic mass is 10.2. The Morgan fingerprint density at radius 2 is 1.86 bits per heavy atom. The fraction of sp³-hybridized carbons (Fsp3) is 0. The van der Waals surface area contributed by atoms with Crippen LogP contribution in [0.4, 0.5) is 0 Å². The van der Waals surface area contributed by atoms with Crippen LogP contribution in [0.3, 0.4) is 0 Å². The Balaban J connectivity index is 2.65. The highest BCUT2D eigenvalue weighted by Crippen LogP contribution is 2.00. The van der Waals surface area contributed by atoms with Crippen LogP contribution in [0.25, 0.3) is 6.08 Å². The smallest absolute Gasteiger partial charge is 0.292 e. The maximum atomic E-state index is 10.8. The van der Waals surface area contributed by atoms with Crippen molar-refractivity contribution in [3.05, 3.63) is 42.0 Å². The minimum Gasteiger partial charge on any atom is -0.292 e. The van der Waals surface area contributed by atoms with E-state index in [9.17, 15) is 9.59 Å². The molecule has 0 aromatic heterocycles. The minimum atomic E-state index is -1.29. The third kappa shape index (κ3) is 2.84. The number of hydrogen-bond donors (Lipinski definition) is 1. The zero-order valence-corrected chi connectivity index (χ0v) is 7.21. The monoisotopic (exact) mass is 192 g/mol. The van der Waals surface area contributed by atoms with Gasteiger partial charge in [-0.1, -0.05) is 36.4 Å². The molecule has 0 atom stereocenters. The van der Waals surface area contributed by atoms with Gasteiger partial charge in [-0.3, -0.25) is 9.68 Å². The van der Waals surface area contributed by atoms with E-state index in [1.165, 1.54) is 6.08 Å². The van der Waals surface area contributed by atoms with Crippen molar-refractivity contribution in [3.8, 4) is 0 Å². The number of carbonyl (C=O) groups excluding carboxylic acids is 2. The molecular weight excluding hydrogens is 184 g/mol. The zero-order chi connectivity index (χ0) is 10.4. The van der Waals surface area contributed by atoms with Crippen LogP contribution in [0.5, 0.6) is 0 Å². The Morgan fingerprint density at radius 1 is 1.21 bits per heavy atom. The Hall–Kier alpha value is -1.94. The molecule has 0 unspecified atom stereocenters. The normalized spacial score (nSPS) is 10.1. The highest BCUT2D eigenvalue weighted by Gasteiger charge is 2.10. The molecule has 0 spiro atoms. The molecule has 0 bridgehead atoms. The number of carbonyl (C=O) groups is 2. The van der Waals surface area contributed by atoms with Crippen LogP contribution in [-0.2, 0) is 14.5 Å². The first-order chi connectivity index (χ1) is 6.74. The zero-order valence-electron chi connectivity index (χ0n) is 7.21. The standard InChI is InChI=1S/C10H8O4/c11-9(10(12)14-13)7-6-8-4-2-1-3-5-8/h1-7,13H/b7-6+. The minimum absolute atomic E-state index is 0.784. The van der Waals surface area contributed by atoms with E-state index >= 15 is 0 Å². The van der Waals surface area contributed by atoms with Crippen LogP contribution in [0.2, 0.25) is 0 Å². The summed E-state index contributed by atoms with van der Waals surface area (Å²) in [5.74, 6) is -2.20. The third-order valence-electron chi connectivity index (χ3n) is 1.51. The van der Waals surface area contributed by atoms with Gasteiger partial charge in [-0.2, -0.15) is 5.26 Å². The lowest BCUT2D eigenvalue weighted by Crippen LogP contribution is -2.12. The van der Waals surface area contributed by atoms with Crippen LogP contribution in [0.1, 0.15) is 5.56 Å². The summed E-state index contributed by atoms with van der Waals surface area (Å²) in [5, 5.41) is 7.90. The van der Waals surface area contributed by atoms with E-state index in [2.05, 4.69) is 4.89 Å². The van der Waals surface area contributed by atoms with Gasteiger partial charge < -0.3 is 0 Å². The molecule has 0 radical (unpaired) electrons. The van der Waals surface area contributed by atoms with Crippen molar-refractivity contribution in [2.45, 2.75) is 0 Å². The summed E-state index contributed by atoms with van der Waals surface area (Å²) in [4.78, 5) is 24.5. The first kappa shape index (κ1) is 10.1. The third-order valence-corrected chi connectivity index (χ3v) is 1.51. The molecule has 4 heteroatoms. The molecule has 0 aliphatic heterocycles. The first-order valence-electron chi connectivity index (χ1n) is 3.87. The molecule has 1 N–H and O–H groups in total. The lowest BCUT2D eigenvalue weighted by Gasteiger charge is -1.90. The summed E-state index contributed by atoms with van der Waals surface area (Å²) in [6.45, 7) is 0. The highest BCUT2D eigenvalue weighted by molar-refractivity contribution is 6.38. The van der Waals surface area contributed by atoms with Gasteiger partial charge in [0.1, 0.15) is 0 Å². The molecule has 14 heavy (non-hydrogen) atoms. The van der Waals surface area contributed by atoms with Crippen LogP contribution >= 0.6 is 0 Å². The van der Waals surface area contributed by atoms with Gasteiger partial charge in [0.15, 0.2) is 0 Å². The van der Waals surface area contributed by atoms with Gasteiger partial charge >= 0.3 is 5.97 Å². The van der Waals surface area contributed by atoms with E-state index in [0.717, 1.165) is 11.6 Å².